The van der Waals surface area contributed by atoms with Gasteiger partial charge in [-0.25, -0.2) is 15.0 Å². The molecule has 0 saturated heterocycles. The predicted octanol–water partition coefficient (Wildman–Crippen LogP) is 1.36. The van der Waals surface area contributed by atoms with Gasteiger partial charge in [0.05, 0.1) is 26.4 Å². The number of halogens is 1. The van der Waals surface area contributed by atoms with Gasteiger partial charge in [0.15, 0.2) is 28.4 Å². The Labute approximate surface area is 191 Å². The minimum absolute atomic E-state index is 0.0701. The highest BCUT2D eigenvalue weighted by molar-refractivity contribution is 6.31. The molecule has 0 radical (unpaired) electrons. The number of nitrogens with two attached hydrogens (primary N) is 3. The average Bonchev–Trinajstić information content (AvgIpc) is 2.77. The highest BCUT2D eigenvalue weighted by Crippen LogP contribution is 2.17. The van der Waals surface area contributed by atoms with Crippen molar-refractivity contribution >= 4 is 35.1 Å². The Morgan fingerprint density at radius 1 is 1.03 bits per heavy atom. The summed E-state index contributed by atoms with van der Waals surface area (Å²) in [5.74, 6) is -0.327. The van der Waals surface area contributed by atoms with Crippen LogP contribution in [-0.2, 0) is 16.0 Å². The van der Waals surface area contributed by atoms with E-state index in [1.807, 2.05) is 24.3 Å². The van der Waals surface area contributed by atoms with Crippen molar-refractivity contribution < 1.29 is 19.0 Å². The van der Waals surface area contributed by atoms with Gasteiger partial charge in [-0.05, 0) is 24.1 Å². The number of guanidine groups is 1. The number of anilines is 2. The Kier molecular flexibility index (Phi) is 10.4. The van der Waals surface area contributed by atoms with Crippen molar-refractivity contribution in [3.05, 3.63) is 40.7 Å². The molecule has 1 amide bonds. The standard InChI is InChI=1S/C20H28ClN7O4/c1-2-7-30-8-9-31-10-11-32-14-5-3-13(4-6-14)12-25-20(24)28-19(29)15-17(22)27-18(23)16(21)26-15/h3-6H,2,7-12H2,1H3,(H4,22,23,27)(H3,24,25,28,29). The van der Waals surface area contributed by atoms with Gasteiger partial charge in [0, 0.05) is 6.61 Å². The summed E-state index contributed by atoms with van der Waals surface area (Å²) in [6.45, 7) is 5.10. The lowest BCUT2D eigenvalue weighted by molar-refractivity contribution is 0.0366. The maximum absolute atomic E-state index is 12.2. The van der Waals surface area contributed by atoms with E-state index in [0.717, 1.165) is 18.6 Å². The monoisotopic (exact) mass is 465 g/mol. The third-order valence-corrected chi connectivity index (χ3v) is 4.21. The number of rotatable bonds is 12. The number of carbonyl (C=O) groups is 1. The Hall–Kier alpha value is -3.15. The van der Waals surface area contributed by atoms with E-state index in [-0.39, 0.29) is 35.0 Å². The minimum Gasteiger partial charge on any atom is -0.491 e. The number of nitrogens with one attached hydrogen (secondary N) is 1. The molecular weight excluding hydrogens is 438 g/mol. The van der Waals surface area contributed by atoms with Crippen molar-refractivity contribution in [3.63, 3.8) is 0 Å². The molecule has 0 atom stereocenters. The van der Waals surface area contributed by atoms with E-state index in [1.54, 1.807) is 0 Å². The maximum atomic E-state index is 12.2. The fraction of sp³-hybridized carbons (Fsp3) is 0.400. The fourth-order valence-electron chi connectivity index (χ4n) is 2.38. The number of ether oxygens (including phenoxy) is 3. The van der Waals surface area contributed by atoms with Crippen LogP contribution in [-0.4, -0.2) is 54.9 Å². The third kappa shape index (κ3) is 8.53. The van der Waals surface area contributed by atoms with Gasteiger partial charge < -0.3 is 31.4 Å². The molecular formula is C20H28ClN7O4. The summed E-state index contributed by atoms with van der Waals surface area (Å²) in [5.41, 5.74) is 17.6. The van der Waals surface area contributed by atoms with E-state index >= 15 is 0 Å². The van der Waals surface area contributed by atoms with Gasteiger partial charge in [0.1, 0.15) is 12.4 Å². The molecule has 2 aromatic rings. The van der Waals surface area contributed by atoms with Crippen LogP contribution in [0.1, 0.15) is 29.4 Å². The number of benzene rings is 1. The number of aliphatic imine (C=N–C) groups is 1. The molecule has 0 aliphatic carbocycles. The van der Waals surface area contributed by atoms with E-state index in [9.17, 15) is 4.79 Å². The van der Waals surface area contributed by atoms with Crippen molar-refractivity contribution in [3.8, 4) is 5.75 Å². The zero-order valence-corrected chi connectivity index (χ0v) is 18.6. The summed E-state index contributed by atoms with van der Waals surface area (Å²) in [6, 6.07) is 7.32. The van der Waals surface area contributed by atoms with Gasteiger partial charge in [0.2, 0.25) is 0 Å². The number of amides is 1. The van der Waals surface area contributed by atoms with Crippen molar-refractivity contribution in [1.29, 1.82) is 0 Å². The molecule has 0 unspecified atom stereocenters. The number of nitrogen functional groups attached to an aromatic ring is 2. The molecule has 0 saturated carbocycles. The van der Waals surface area contributed by atoms with Gasteiger partial charge in [-0.2, -0.15) is 0 Å². The SMILES string of the molecule is CCCOCCOCCOc1ccc(CN=C(N)NC(=O)c2nc(Cl)c(N)nc2N)cc1. The van der Waals surface area contributed by atoms with Crippen LogP contribution in [0.3, 0.4) is 0 Å². The first-order valence-corrected chi connectivity index (χ1v) is 10.4. The third-order valence-electron chi connectivity index (χ3n) is 3.93. The Balaban J connectivity index is 1.75. The fourth-order valence-corrected chi connectivity index (χ4v) is 2.50. The van der Waals surface area contributed by atoms with Gasteiger partial charge >= 0.3 is 0 Å². The number of aromatic nitrogens is 2. The van der Waals surface area contributed by atoms with Crippen LogP contribution < -0.4 is 27.3 Å². The van der Waals surface area contributed by atoms with Gasteiger partial charge in [0.25, 0.3) is 5.91 Å². The Morgan fingerprint density at radius 2 is 1.69 bits per heavy atom. The quantitative estimate of drug-likeness (QED) is 0.205. The van der Waals surface area contributed by atoms with E-state index in [1.165, 1.54) is 0 Å². The number of nitrogens with zero attached hydrogens (tertiary/aromatic N) is 3. The molecule has 11 nitrogen and oxygen atoms in total. The smallest absolute Gasteiger partial charge is 0.280 e. The van der Waals surface area contributed by atoms with E-state index in [4.69, 9.17) is 43.0 Å². The summed E-state index contributed by atoms with van der Waals surface area (Å²) in [6.07, 6.45) is 0.995. The maximum Gasteiger partial charge on any atom is 0.280 e. The first-order chi connectivity index (χ1) is 15.4. The molecule has 1 aromatic heterocycles. The van der Waals surface area contributed by atoms with E-state index in [2.05, 4.69) is 27.2 Å². The zero-order chi connectivity index (χ0) is 23.3. The molecule has 2 rings (SSSR count). The largest absolute Gasteiger partial charge is 0.491 e. The highest BCUT2D eigenvalue weighted by Gasteiger charge is 2.16. The number of hydrogen-bond acceptors (Lipinski definition) is 9. The molecule has 12 heteroatoms. The summed E-state index contributed by atoms with van der Waals surface area (Å²) in [4.78, 5) is 23.9. The average molecular weight is 466 g/mol. The lowest BCUT2D eigenvalue weighted by Gasteiger charge is -2.08. The minimum atomic E-state index is -0.693. The molecule has 1 heterocycles. The van der Waals surface area contributed by atoms with Crippen molar-refractivity contribution in [2.24, 2.45) is 10.7 Å². The Morgan fingerprint density at radius 3 is 2.38 bits per heavy atom. The van der Waals surface area contributed by atoms with Crippen LogP contribution in [0.25, 0.3) is 0 Å². The highest BCUT2D eigenvalue weighted by atomic mass is 35.5. The topological polar surface area (TPSA) is 173 Å². The number of hydrogen-bond donors (Lipinski definition) is 4. The van der Waals surface area contributed by atoms with Crippen LogP contribution in [0.4, 0.5) is 11.6 Å². The lowest BCUT2D eigenvalue weighted by Crippen LogP contribution is -2.37. The normalized spacial score (nSPS) is 11.4. The first kappa shape index (κ1) is 25.1. The second-order valence-electron chi connectivity index (χ2n) is 6.51. The van der Waals surface area contributed by atoms with Crippen molar-refractivity contribution in [2.45, 2.75) is 19.9 Å². The van der Waals surface area contributed by atoms with Crippen LogP contribution in [0.15, 0.2) is 29.3 Å². The first-order valence-electron chi connectivity index (χ1n) is 9.97. The van der Waals surface area contributed by atoms with Crippen LogP contribution in [0, 0.1) is 0 Å². The molecule has 174 valence electrons. The lowest BCUT2D eigenvalue weighted by atomic mass is 10.2. The van der Waals surface area contributed by atoms with Crippen LogP contribution >= 0.6 is 11.6 Å². The molecule has 0 aliphatic rings. The van der Waals surface area contributed by atoms with Gasteiger partial charge in [-0.15, -0.1) is 0 Å². The second-order valence-corrected chi connectivity index (χ2v) is 6.86. The zero-order valence-electron chi connectivity index (χ0n) is 17.8. The van der Waals surface area contributed by atoms with Gasteiger partial charge in [-0.3, -0.25) is 10.1 Å². The van der Waals surface area contributed by atoms with Crippen molar-refractivity contribution in [1.82, 2.24) is 15.3 Å². The Bertz CT molecular complexity index is 910. The predicted molar refractivity (Wildman–Crippen MR) is 123 cm³/mol. The van der Waals surface area contributed by atoms with E-state index in [0.29, 0.717) is 32.2 Å². The summed E-state index contributed by atoms with van der Waals surface area (Å²) < 4.78 is 16.4. The van der Waals surface area contributed by atoms with Crippen molar-refractivity contribution in [2.75, 3.05) is 44.5 Å². The second kappa shape index (κ2) is 13.3. The summed E-state index contributed by atoms with van der Waals surface area (Å²) in [7, 11) is 0. The number of carbonyl (C=O) groups excluding carboxylic acids is 1. The summed E-state index contributed by atoms with van der Waals surface area (Å²) in [5, 5.41) is 2.25. The molecule has 0 bridgehead atoms. The summed E-state index contributed by atoms with van der Waals surface area (Å²) >= 11 is 5.77. The molecule has 7 N–H and O–H groups in total. The van der Waals surface area contributed by atoms with E-state index < -0.39 is 5.91 Å². The molecule has 0 aliphatic heterocycles. The van der Waals surface area contributed by atoms with Crippen LogP contribution in [0.2, 0.25) is 5.15 Å². The van der Waals surface area contributed by atoms with Crippen LogP contribution in [0.5, 0.6) is 5.75 Å². The van der Waals surface area contributed by atoms with Gasteiger partial charge in [-0.1, -0.05) is 30.7 Å². The molecule has 0 spiro atoms. The molecule has 1 aromatic carbocycles. The molecule has 32 heavy (non-hydrogen) atoms. The molecule has 0 fully saturated rings.